The van der Waals surface area contributed by atoms with Gasteiger partial charge in [0.15, 0.2) is 5.78 Å². The highest BCUT2D eigenvalue weighted by atomic mass is 16.2. The molecule has 0 saturated heterocycles. The van der Waals surface area contributed by atoms with Crippen LogP contribution in [0.4, 0.5) is 0 Å². The van der Waals surface area contributed by atoms with Crippen LogP contribution in [-0.2, 0) is 11.3 Å². The number of amides is 1. The first-order chi connectivity index (χ1) is 8.75. The van der Waals surface area contributed by atoms with Crippen molar-refractivity contribution in [3.05, 3.63) is 59.9 Å². The van der Waals surface area contributed by atoms with E-state index in [0.717, 1.165) is 5.69 Å². The van der Waals surface area contributed by atoms with Crippen LogP contribution in [0.1, 0.15) is 22.5 Å². The predicted octanol–water partition coefficient (Wildman–Crippen LogP) is 1.90. The molecule has 0 fully saturated rings. The lowest BCUT2D eigenvalue weighted by Gasteiger charge is -2.03. The van der Waals surface area contributed by atoms with E-state index in [0.29, 0.717) is 12.1 Å². The average Bonchev–Trinajstić information content (AvgIpc) is 2.90. The number of carbonyl (C=O) groups excluding carboxylic acids is 2. The Bertz CT molecular complexity index is 518. The van der Waals surface area contributed by atoms with Gasteiger partial charge < -0.3 is 10.3 Å². The van der Waals surface area contributed by atoms with Gasteiger partial charge in [0.05, 0.1) is 13.0 Å². The van der Waals surface area contributed by atoms with E-state index in [1.807, 2.05) is 18.2 Å². The van der Waals surface area contributed by atoms with Crippen molar-refractivity contribution < 1.29 is 9.59 Å². The second kappa shape index (κ2) is 5.82. The maximum Gasteiger partial charge on any atom is 0.228 e. The lowest BCUT2D eigenvalue weighted by Crippen LogP contribution is -2.25. The smallest absolute Gasteiger partial charge is 0.228 e. The summed E-state index contributed by atoms with van der Waals surface area (Å²) in [5, 5.41) is 2.69. The summed E-state index contributed by atoms with van der Waals surface area (Å²) in [4.78, 5) is 26.3. The summed E-state index contributed by atoms with van der Waals surface area (Å²) in [5.41, 5.74) is 1.48. The molecule has 92 valence electrons. The van der Waals surface area contributed by atoms with Gasteiger partial charge in [0, 0.05) is 17.5 Å². The molecule has 0 atom stereocenters. The molecule has 1 aromatic carbocycles. The van der Waals surface area contributed by atoms with Crippen LogP contribution >= 0.6 is 0 Å². The predicted molar refractivity (Wildman–Crippen MR) is 68.0 cm³/mol. The largest absolute Gasteiger partial charge is 0.364 e. The van der Waals surface area contributed by atoms with Crippen LogP contribution in [0.3, 0.4) is 0 Å². The summed E-state index contributed by atoms with van der Waals surface area (Å²) in [7, 11) is 0. The summed E-state index contributed by atoms with van der Waals surface area (Å²) in [6, 6.07) is 12.5. The van der Waals surface area contributed by atoms with E-state index < -0.39 is 0 Å². The number of carbonyl (C=O) groups is 2. The SMILES string of the molecule is O=C(CC(=O)c1ccccc1)NCc1ccc[nH]1. The zero-order chi connectivity index (χ0) is 12.8. The maximum absolute atomic E-state index is 11.7. The first kappa shape index (κ1) is 12.1. The van der Waals surface area contributed by atoms with Crippen molar-refractivity contribution >= 4 is 11.7 Å². The number of aromatic amines is 1. The van der Waals surface area contributed by atoms with Crippen molar-refractivity contribution in [1.82, 2.24) is 10.3 Å². The van der Waals surface area contributed by atoms with Crippen LogP contribution in [-0.4, -0.2) is 16.7 Å². The van der Waals surface area contributed by atoms with Crippen molar-refractivity contribution in [2.75, 3.05) is 0 Å². The molecule has 2 aromatic rings. The molecular formula is C14H14N2O2. The molecule has 0 spiro atoms. The number of hydrogen-bond donors (Lipinski definition) is 2. The zero-order valence-electron chi connectivity index (χ0n) is 9.85. The summed E-state index contributed by atoms with van der Waals surface area (Å²) >= 11 is 0. The standard InChI is InChI=1S/C14H14N2O2/c17-13(11-5-2-1-3-6-11)9-14(18)16-10-12-7-4-8-15-12/h1-8,15H,9-10H2,(H,16,18). The summed E-state index contributed by atoms with van der Waals surface area (Å²) in [5.74, 6) is -0.432. The van der Waals surface area contributed by atoms with Gasteiger partial charge >= 0.3 is 0 Å². The first-order valence-corrected chi connectivity index (χ1v) is 5.73. The molecule has 4 heteroatoms. The Hall–Kier alpha value is -2.36. The lowest BCUT2D eigenvalue weighted by molar-refractivity contribution is -0.120. The Morgan fingerprint density at radius 1 is 1.06 bits per heavy atom. The summed E-state index contributed by atoms with van der Waals surface area (Å²) in [6.07, 6.45) is 1.67. The van der Waals surface area contributed by atoms with Crippen molar-refractivity contribution in [3.8, 4) is 0 Å². The second-order valence-electron chi connectivity index (χ2n) is 3.94. The second-order valence-corrected chi connectivity index (χ2v) is 3.94. The Morgan fingerprint density at radius 2 is 1.83 bits per heavy atom. The van der Waals surface area contributed by atoms with Gasteiger partial charge in [-0.15, -0.1) is 0 Å². The van der Waals surface area contributed by atoms with Gasteiger partial charge in [-0.1, -0.05) is 30.3 Å². The minimum atomic E-state index is -0.265. The number of H-pyrrole nitrogens is 1. The van der Waals surface area contributed by atoms with Crippen LogP contribution in [0.5, 0.6) is 0 Å². The quantitative estimate of drug-likeness (QED) is 0.621. The fraction of sp³-hybridized carbons (Fsp3) is 0.143. The van der Waals surface area contributed by atoms with Gasteiger partial charge in [0.2, 0.25) is 5.91 Å². The highest BCUT2D eigenvalue weighted by Crippen LogP contribution is 2.03. The Labute approximate surface area is 105 Å². The van der Waals surface area contributed by atoms with Gasteiger partial charge in [0.25, 0.3) is 0 Å². The van der Waals surface area contributed by atoms with E-state index in [9.17, 15) is 9.59 Å². The van der Waals surface area contributed by atoms with Crippen molar-refractivity contribution in [1.29, 1.82) is 0 Å². The topological polar surface area (TPSA) is 62.0 Å². The van der Waals surface area contributed by atoms with E-state index in [4.69, 9.17) is 0 Å². The number of ketones is 1. The third kappa shape index (κ3) is 3.31. The fourth-order valence-corrected chi connectivity index (χ4v) is 1.61. The molecule has 0 aliphatic heterocycles. The number of nitrogens with one attached hydrogen (secondary N) is 2. The molecule has 2 N–H and O–H groups in total. The molecule has 18 heavy (non-hydrogen) atoms. The number of hydrogen-bond acceptors (Lipinski definition) is 2. The normalized spacial score (nSPS) is 10.0. The van der Waals surface area contributed by atoms with Gasteiger partial charge in [-0.2, -0.15) is 0 Å². The van der Waals surface area contributed by atoms with Crippen LogP contribution in [0.25, 0.3) is 0 Å². The Morgan fingerprint density at radius 3 is 2.50 bits per heavy atom. The Balaban J connectivity index is 1.83. The van der Waals surface area contributed by atoms with E-state index in [-0.39, 0.29) is 18.1 Å². The molecule has 1 heterocycles. The van der Waals surface area contributed by atoms with Crippen molar-refractivity contribution in [3.63, 3.8) is 0 Å². The highest BCUT2D eigenvalue weighted by molar-refractivity contribution is 6.07. The molecule has 0 aliphatic carbocycles. The molecule has 0 radical (unpaired) electrons. The number of Topliss-reactive ketones (excluding diaryl/α,β-unsaturated/α-hetero) is 1. The fourth-order valence-electron chi connectivity index (χ4n) is 1.61. The average molecular weight is 242 g/mol. The summed E-state index contributed by atoms with van der Waals surface area (Å²) < 4.78 is 0. The van der Waals surface area contributed by atoms with Crippen LogP contribution in [0.15, 0.2) is 48.7 Å². The van der Waals surface area contributed by atoms with E-state index >= 15 is 0 Å². The molecule has 2 rings (SSSR count). The molecular weight excluding hydrogens is 228 g/mol. The number of rotatable bonds is 5. The van der Waals surface area contributed by atoms with Gasteiger partial charge in [-0.25, -0.2) is 0 Å². The third-order valence-corrected chi connectivity index (χ3v) is 2.56. The van der Waals surface area contributed by atoms with E-state index in [2.05, 4.69) is 10.3 Å². The molecule has 4 nitrogen and oxygen atoms in total. The molecule has 0 aliphatic rings. The van der Waals surface area contributed by atoms with Crippen LogP contribution < -0.4 is 5.32 Å². The van der Waals surface area contributed by atoms with Crippen molar-refractivity contribution in [2.24, 2.45) is 0 Å². The highest BCUT2D eigenvalue weighted by Gasteiger charge is 2.10. The number of aromatic nitrogens is 1. The molecule has 0 bridgehead atoms. The van der Waals surface area contributed by atoms with Crippen LogP contribution in [0.2, 0.25) is 0 Å². The zero-order valence-corrected chi connectivity index (χ0v) is 9.85. The first-order valence-electron chi connectivity index (χ1n) is 5.73. The molecule has 1 aromatic heterocycles. The lowest BCUT2D eigenvalue weighted by atomic mass is 10.1. The molecule has 0 saturated carbocycles. The van der Waals surface area contributed by atoms with Gasteiger partial charge in [0.1, 0.15) is 0 Å². The van der Waals surface area contributed by atoms with Gasteiger partial charge in [-0.3, -0.25) is 9.59 Å². The monoisotopic (exact) mass is 242 g/mol. The van der Waals surface area contributed by atoms with E-state index in [1.54, 1.807) is 30.5 Å². The molecule has 0 unspecified atom stereocenters. The van der Waals surface area contributed by atoms with Crippen LogP contribution in [0, 0.1) is 0 Å². The Kier molecular flexibility index (Phi) is 3.91. The maximum atomic E-state index is 11.7. The minimum absolute atomic E-state index is 0.120. The third-order valence-electron chi connectivity index (χ3n) is 2.56. The minimum Gasteiger partial charge on any atom is -0.364 e. The van der Waals surface area contributed by atoms with Crippen molar-refractivity contribution in [2.45, 2.75) is 13.0 Å². The van der Waals surface area contributed by atoms with Gasteiger partial charge in [-0.05, 0) is 12.1 Å². The summed E-state index contributed by atoms with van der Waals surface area (Å²) in [6.45, 7) is 0.411. The number of benzene rings is 1. The molecule has 1 amide bonds. The van der Waals surface area contributed by atoms with E-state index in [1.165, 1.54) is 0 Å².